The van der Waals surface area contributed by atoms with Gasteiger partial charge in [-0.15, -0.1) is 0 Å². The van der Waals surface area contributed by atoms with Gasteiger partial charge in [0.15, 0.2) is 0 Å². The Morgan fingerprint density at radius 2 is 2.23 bits per heavy atom. The smallest absolute Gasteiger partial charge is 0.0656 e. The fourth-order valence-corrected chi connectivity index (χ4v) is 1.33. The van der Waals surface area contributed by atoms with E-state index in [1.54, 1.807) is 13.2 Å². The molecule has 1 atom stereocenters. The molecule has 4 N–H and O–H groups in total. The summed E-state index contributed by atoms with van der Waals surface area (Å²) in [7, 11) is 1.60. The van der Waals surface area contributed by atoms with E-state index in [2.05, 4.69) is 0 Å². The second kappa shape index (κ2) is 4.46. The van der Waals surface area contributed by atoms with Crippen molar-refractivity contribution >= 4 is 17.3 Å². The lowest BCUT2D eigenvalue weighted by molar-refractivity contribution is 0.181. The molecule has 0 saturated heterocycles. The monoisotopic (exact) mass is 200 g/mol. The van der Waals surface area contributed by atoms with E-state index in [0.29, 0.717) is 17.3 Å². The van der Waals surface area contributed by atoms with Crippen LogP contribution in [0.15, 0.2) is 18.2 Å². The first kappa shape index (κ1) is 10.3. The van der Waals surface area contributed by atoms with Gasteiger partial charge in [0.05, 0.1) is 23.4 Å². The maximum atomic E-state index is 5.84. The number of para-hydroxylation sites is 1. The quantitative estimate of drug-likeness (QED) is 0.729. The summed E-state index contributed by atoms with van der Waals surface area (Å²) >= 11 is 5.84. The molecule has 0 radical (unpaired) electrons. The predicted molar refractivity (Wildman–Crippen MR) is 54.7 cm³/mol. The lowest BCUT2D eigenvalue weighted by Gasteiger charge is -2.13. The Hall–Kier alpha value is -0.770. The standard InChI is InChI=1S/C9H13ClN2O/c1-13-5-8(11)6-3-2-4-7(10)9(6)12/h2-4,8H,5,11-12H2,1H3. The molecule has 0 aliphatic rings. The normalized spacial score (nSPS) is 12.8. The molecule has 1 aromatic carbocycles. The van der Waals surface area contributed by atoms with E-state index in [9.17, 15) is 0 Å². The van der Waals surface area contributed by atoms with Crippen LogP contribution in [-0.4, -0.2) is 13.7 Å². The highest BCUT2D eigenvalue weighted by atomic mass is 35.5. The molecule has 0 aliphatic heterocycles. The van der Waals surface area contributed by atoms with Crippen LogP contribution in [0.4, 0.5) is 5.69 Å². The third-order valence-electron chi connectivity index (χ3n) is 1.83. The molecule has 0 amide bonds. The Labute approximate surface area is 82.6 Å². The lowest BCUT2D eigenvalue weighted by Crippen LogP contribution is -2.17. The van der Waals surface area contributed by atoms with E-state index in [1.807, 2.05) is 12.1 Å². The van der Waals surface area contributed by atoms with Crippen molar-refractivity contribution in [2.45, 2.75) is 6.04 Å². The number of hydrogen-bond acceptors (Lipinski definition) is 3. The lowest BCUT2D eigenvalue weighted by atomic mass is 10.1. The first-order valence-electron chi connectivity index (χ1n) is 3.95. The highest BCUT2D eigenvalue weighted by molar-refractivity contribution is 6.33. The summed E-state index contributed by atoms with van der Waals surface area (Å²) in [6.07, 6.45) is 0. The van der Waals surface area contributed by atoms with Gasteiger partial charge in [-0.25, -0.2) is 0 Å². The predicted octanol–water partition coefficient (Wildman–Crippen LogP) is 1.57. The zero-order chi connectivity index (χ0) is 9.84. The molecule has 0 aliphatic carbocycles. The number of rotatable bonds is 3. The number of nitrogen functional groups attached to an aromatic ring is 1. The average molecular weight is 201 g/mol. The number of methoxy groups -OCH3 is 1. The van der Waals surface area contributed by atoms with Crippen molar-refractivity contribution in [1.29, 1.82) is 0 Å². The Morgan fingerprint density at radius 3 is 2.85 bits per heavy atom. The first-order valence-corrected chi connectivity index (χ1v) is 4.33. The van der Waals surface area contributed by atoms with Crippen molar-refractivity contribution < 1.29 is 4.74 Å². The van der Waals surface area contributed by atoms with E-state index >= 15 is 0 Å². The molecular weight excluding hydrogens is 188 g/mol. The Morgan fingerprint density at radius 1 is 1.54 bits per heavy atom. The third-order valence-corrected chi connectivity index (χ3v) is 2.16. The van der Waals surface area contributed by atoms with Gasteiger partial charge in [-0.3, -0.25) is 0 Å². The molecule has 0 fully saturated rings. The summed E-state index contributed by atoms with van der Waals surface area (Å²) in [5, 5.41) is 0.532. The van der Waals surface area contributed by atoms with E-state index in [0.717, 1.165) is 5.56 Å². The van der Waals surface area contributed by atoms with Crippen LogP contribution in [-0.2, 0) is 4.74 Å². The summed E-state index contributed by atoms with van der Waals surface area (Å²) in [6, 6.07) is 5.19. The van der Waals surface area contributed by atoms with Crippen molar-refractivity contribution in [3.63, 3.8) is 0 Å². The second-order valence-corrected chi connectivity index (χ2v) is 3.21. The molecule has 1 rings (SSSR count). The fraction of sp³-hybridized carbons (Fsp3) is 0.333. The molecular formula is C9H13ClN2O. The summed E-state index contributed by atoms with van der Waals surface area (Å²) in [6.45, 7) is 0.435. The second-order valence-electron chi connectivity index (χ2n) is 2.80. The molecule has 13 heavy (non-hydrogen) atoms. The largest absolute Gasteiger partial charge is 0.397 e. The van der Waals surface area contributed by atoms with Crippen LogP contribution in [0.1, 0.15) is 11.6 Å². The van der Waals surface area contributed by atoms with Gasteiger partial charge in [0, 0.05) is 7.11 Å². The Kier molecular flexibility index (Phi) is 3.54. The Balaban J connectivity index is 2.93. The number of ether oxygens (including phenoxy) is 1. The molecule has 72 valence electrons. The van der Waals surface area contributed by atoms with Crippen molar-refractivity contribution in [2.24, 2.45) is 5.73 Å². The number of benzene rings is 1. The van der Waals surface area contributed by atoms with Crippen molar-refractivity contribution in [3.8, 4) is 0 Å². The number of nitrogens with two attached hydrogens (primary N) is 2. The highest BCUT2D eigenvalue weighted by Gasteiger charge is 2.10. The van der Waals surface area contributed by atoms with Crippen molar-refractivity contribution in [3.05, 3.63) is 28.8 Å². The van der Waals surface area contributed by atoms with Crippen LogP contribution in [0.5, 0.6) is 0 Å². The molecule has 3 nitrogen and oxygen atoms in total. The fourth-order valence-electron chi connectivity index (χ4n) is 1.15. The third kappa shape index (κ3) is 2.34. The number of anilines is 1. The number of hydrogen-bond donors (Lipinski definition) is 2. The summed E-state index contributed by atoms with van der Waals surface area (Å²) in [5.41, 5.74) is 12.9. The summed E-state index contributed by atoms with van der Waals surface area (Å²) < 4.78 is 4.93. The van der Waals surface area contributed by atoms with Gasteiger partial charge in [0.25, 0.3) is 0 Å². The molecule has 0 aromatic heterocycles. The van der Waals surface area contributed by atoms with Crippen LogP contribution in [0.25, 0.3) is 0 Å². The van der Waals surface area contributed by atoms with E-state index < -0.39 is 0 Å². The van der Waals surface area contributed by atoms with E-state index in [1.165, 1.54) is 0 Å². The van der Waals surface area contributed by atoms with Crippen LogP contribution in [0.2, 0.25) is 5.02 Å². The zero-order valence-corrected chi connectivity index (χ0v) is 8.21. The van der Waals surface area contributed by atoms with Crippen LogP contribution < -0.4 is 11.5 Å². The average Bonchev–Trinajstić information content (AvgIpc) is 2.10. The first-order chi connectivity index (χ1) is 6.16. The van der Waals surface area contributed by atoms with Gasteiger partial charge in [-0.1, -0.05) is 23.7 Å². The molecule has 0 saturated carbocycles. The minimum absolute atomic E-state index is 0.219. The summed E-state index contributed by atoms with van der Waals surface area (Å²) in [4.78, 5) is 0. The van der Waals surface area contributed by atoms with E-state index in [-0.39, 0.29) is 6.04 Å². The van der Waals surface area contributed by atoms with Crippen molar-refractivity contribution in [1.82, 2.24) is 0 Å². The minimum atomic E-state index is -0.219. The van der Waals surface area contributed by atoms with Crippen molar-refractivity contribution in [2.75, 3.05) is 19.5 Å². The molecule has 4 heteroatoms. The van der Waals surface area contributed by atoms with Gasteiger partial charge in [-0.05, 0) is 11.6 Å². The SMILES string of the molecule is COCC(N)c1cccc(Cl)c1N. The summed E-state index contributed by atoms with van der Waals surface area (Å²) in [5.74, 6) is 0. The highest BCUT2D eigenvalue weighted by Crippen LogP contribution is 2.26. The van der Waals surface area contributed by atoms with Crippen LogP contribution in [0, 0.1) is 0 Å². The molecule has 0 heterocycles. The minimum Gasteiger partial charge on any atom is -0.397 e. The van der Waals surface area contributed by atoms with Gasteiger partial charge in [0.2, 0.25) is 0 Å². The molecule has 1 unspecified atom stereocenters. The molecule has 1 aromatic rings. The van der Waals surface area contributed by atoms with Crippen LogP contribution >= 0.6 is 11.6 Å². The molecule has 0 spiro atoms. The van der Waals surface area contributed by atoms with Crippen LogP contribution in [0.3, 0.4) is 0 Å². The Bertz CT molecular complexity index is 291. The maximum absolute atomic E-state index is 5.84. The van der Waals surface area contributed by atoms with Gasteiger partial charge in [-0.2, -0.15) is 0 Å². The zero-order valence-electron chi connectivity index (χ0n) is 7.46. The van der Waals surface area contributed by atoms with Gasteiger partial charge in [0.1, 0.15) is 0 Å². The molecule has 0 bridgehead atoms. The van der Waals surface area contributed by atoms with E-state index in [4.69, 9.17) is 27.8 Å². The topological polar surface area (TPSA) is 61.3 Å². The maximum Gasteiger partial charge on any atom is 0.0656 e. The van der Waals surface area contributed by atoms with Gasteiger partial charge >= 0.3 is 0 Å². The van der Waals surface area contributed by atoms with Gasteiger partial charge < -0.3 is 16.2 Å². The number of halogens is 1.